The fraction of sp³-hybridized carbons (Fsp3) is 0. The summed E-state index contributed by atoms with van der Waals surface area (Å²) in [6, 6.07) is 16.8. The standard InChI is InChI=1S/C18H13ClN6O2S.ClH/c19-16-9-10-17(24-23-16)25-28(26,27)13-7-5-12(6-8-13)22-18-14-3-1-2-4-15(14)20-11-21-18;/h1-11H,(H,24,25)(H,20,21,22);1H. The third-order valence-electron chi connectivity index (χ3n) is 3.84. The molecule has 2 aromatic heterocycles. The average molecular weight is 449 g/mol. The number of rotatable bonds is 5. The Balaban J connectivity index is 0.00000240. The third kappa shape index (κ3) is 4.70. The van der Waals surface area contributed by atoms with Crippen LogP contribution in [0.3, 0.4) is 0 Å². The molecule has 29 heavy (non-hydrogen) atoms. The Kier molecular flexibility index (Phi) is 6.12. The lowest BCUT2D eigenvalue weighted by Gasteiger charge is -2.10. The molecule has 0 radical (unpaired) electrons. The van der Waals surface area contributed by atoms with Crippen LogP contribution >= 0.6 is 24.0 Å². The molecule has 0 unspecified atom stereocenters. The van der Waals surface area contributed by atoms with Gasteiger partial charge in [-0.25, -0.2) is 18.4 Å². The first kappa shape index (κ1) is 20.7. The van der Waals surface area contributed by atoms with Crippen LogP contribution in [0.25, 0.3) is 10.9 Å². The van der Waals surface area contributed by atoms with Crippen molar-refractivity contribution >= 4 is 62.3 Å². The number of halogens is 2. The first-order valence-electron chi connectivity index (χ1n) is 8.10. The quantitative estimate of drug-likeness (QED) is 0.473. The van der Waals surface area contributed by atoms with Crippen LogP contribution < -0.4 is 10.0 Å². The second-order valence-electron chi connectivity index (χ2n) is 5.74. The van der Waals surface area contributed by atoms with Crippen LogP contribution in [0.2, 0.25) is 5.15 Å². The highest BCUT2D eigenvalue weighted by Crippen LogP contribution is 2.24. The molecule has 4 aromatic rings. The second-order valence-corrected chi connectivity index (χ2v) is 7.81. The fourth-order valence-corrected chi connectivity index (χ4v) is 3.62. The normalized spacial score (nSPS) is 10.9. The molecule has 0 saturated carbocycles. The highest BCUT2D eigenvalue weighted by Gasteiger charge is 2.15. The lowest BCUT2D eigenvalue weighted by molar-refractivity contribution is 0.601. The van der Waals surface area contributed by atoms with E-state index in [1.54, 1.807) is 12.1 Å². The van der Waals surface area contributed by atoms with E-state index in [1.165, 1.54) is 30.6 Å². The maximum atomic E-state index is 12.5. The Bertz CT molecular complexity index is 1230. The molecule has 11 heteroatoms. The Morgan fingerprint density at radius 2 is 1.62 bits per heavy atom. The zero-order valence-corrected chi connectivity index (χ0v) is 17.0. The molecule has 0 bridgehead atoms. The molecule has 2 aromatic carbocycles. The summed E-state index contributed by atoms with van der Waals surface area (Å²) in [6.07, 6.45) is 1.47. The van der Waals surface area contributed by atoms with Crippen molar-refractivity contribution in [2.24, 2.45) is 0 Å². The summed E-state index contributed by atoms with van der Waals surface area (Å²) >= 11 is 5.65. The monoisotopic (exact) mass is 448 g/mol. The van der Waals surface area contributed by atoms with E-state index >= 15 is 0 Å². The number of hydrogen-bond donors (Lipinski definition) is 2. The van der Waals surface area contributed by atoms with Crippen LogP contribution in [-0.4, -0.2) is 28.6 Å². The van der Waals surface area contributed by atoms with Gasteiger partial charge in [0.25, 0.3) is 10.0 Å². The smallest absolute Gasteiger partial charge is 0.263 e. The molecule has 0 atom stereocenters. The summed E-state index contributed by atoms with van der Waals surface area (Å²) in [5.74, 6) is 0.717. The Labute approximate surface area is 177 Å². The van der Waals surface area contributed by atoms with Crippen molar-refractivity contribution in [3.63, 3.8) is 0 Å². The van der Waals surface area contributed by atoms with Crippen molar-refractivity contribution in [1.29, 1.82) is 0 Å². The lowest BCUT2D eigenvalue weighted by atomic mass is 10.2. The van der Waals surface area contributed by atoms with Crippen LogP contribution in [-0.2, 0) is 10.0 Å². The van der Waals surface area contributed by atoms with Gasteiger partial charge in [-0.15, -0.1) is 22.6 Å². The fourth-order valence-electron chi connectivity index (χ4n) is 2.53. The summed E-state index contributed by atoms with van der Waals surface area (Å²) in [5, 5.41) is 11.5. The van der Waals surface area contributed by atoms with E-state index in [9.17, 15) is 8.42 Å². The van der Waals surface area contributed by atoms with Crippen molar-refractivity contribution < 1.29 is 8.42 Å². The number of hydrogen-bond acceptors (Lipinski definition) is 7. The summed E-state index contributed by atoms with van der Waals surface area (Å²) in [5.41, 5.74) is 1.50. The topological polar surface area (TPSA) is 110 Å². The number of benzene rings is 2. The molecule has 0 aliphatic heterocycles. The van der Waals surface area contributed by atoms with Gasteiger partial charge in [0.05, 0.1) is 10.4 Å². The molecule has 2 heterocycles. The molecule has 0 spiro atoms. The van der Waals surface area contributed by atoms with Gasteiger partial charge >= 0.3 is 0 Å². The maximum absolute atomic E-state index is 12.5. The van der Waals surface area contributed by atoms with Crippen molar-refractivity contribution in [3.05, 3.63) is 72.1 Å². The molecule has 0 aliphatic carbocycles. The maximum Gasteiger partial charge on any atom is 0.263 e. The van der Waals surface area contributed by atoms with Crippen LogP contribution in [0, 0.1) is 0 Å². The molecule has 8 nitrogen and oxygen atoms in total. The Hall–Kier alpha value is -3.01. The molecular formula is C18H14Cl2N6O2S. The number of nitrogens with one attached hydrogen (secondary N) is 2. The van der Waals surface area contributed by atoms with Crippen LogP contribution in [0.15, 0.2) is 71.9 Å². The largest absolute Gasteiger partial charge is 0.340 e. The van der Waals surface area contributed by atoms with Gasteiger partial charge in [-0.1, -0.05) is 23.7 Å². The zero-order chi connectivity index (χ0) is 19.6. The van der Waals surface area contributed by atoms with Gasteiger partial charge in [-0.2, -0.15) is 0 Å². The number of nitrogens with zero attached hydrogens (tertiary/aromatic N) is 4. The highest BCUT2D eigenvalue weighted by atomic mass is 35.5. The minimum atomic E-state index is -3.80. The molecule has 0 saturated heterocycles. The molecule has 4 rings (SSSR count). The van der Waals surface area contributed by atoms with Gasteiger partial charge in [0.2, 0.25) is 0 Å². The number of anilines is 3. The second kappa shape index (κ2) is 8.56. The first-order valence-corrected chi connectivity index (χ1v) is 9.96. The van der Waals surface area contributed by atoms with E-state index in [0.29, 0.717) is 11.5 Å². The molecular weight excluding hydrogens is 435 g/mol. The average Bonchev–Trinajstić information content (AvgIpc) is 2.70. The summed E-state index contributed by atoms with van der Waals surface area (Å²) in [6.45, 7) is 0. The van der Waals surface area contributed by atoms with Crippen molar-refractivity contribution in [3.8, 4) is 0 Å². The van der Waals surface area contributed by atoms with Gasteiger partial charge in [-0.3, -0.25) is 4.72 Å². The Morgan fingerprint density at radius 1 is 0.862 bits per heavy atom. The van der Waals surface area contributed by atoms with Crippen LogP contribution in [0.5, 0.6) is 0 Å². The Morgan fingerprint density at radius 3 is 2.34 bits per heavy atom. The van der Waals surface area contributed by atoms with E-state index in [2.05, 4.69) is 30.2 Å². The van der Waals surface area contributed by atoms with E-state index in [0.717, 1.165) is 10.9 Å². The van der Waals surface area contributed by atoms with Gasteiger partial charge < -0.3 is 5.32 Å². The summed E-state index contributed by atoms with van der Waals surface area (Å²) < 4.78 is 27.3. The van der Waals surface area contributed by atoms with Crippen molar-refractivity contribution in [2.75, 3.05) is 10.0 Å². The van der Waals surface area contributed by atoms with Gasteiger partial charge in [0, 0.05) is 11.1 Å². The zero-order valence-electron chi connectivity index (χ0n) is 14.7. The lowest BCUT2D eigenvalue weighted by Crippen LogP contribution is -2.14. The summed E-state index contributed by atoms with van der Waals surface area (Å²) in [4.78, 5) is 8.56. The predicted octanol–water partition coefficient (Wildman–Crippen LogP) is 4.04. The number of fused-ring (bicyclic) bond motifs is 1. The molecule has 0 aliphatic rings. The van der Waals surface area contributed by atoms with Crippen molar-refractivity contribution in [1.82, 2.24) is 20.2 Å². The van der Waals surface area contributed by atoms with E-state index in [-0.39, 0.29) is 28.3 Å². The number of para-hydroxylation sites is 1. The SMILES string of the molecule is Cl.O=S(=O)(Nc1ccc(Cl)nn1)c1ccc(Nc2ncnc3ccccc23)cc1. The minimum absolute atomic E-state index is 0. The van der Waals surface area contributed by atoms with Crippen molar-refractivity contribution in [2.45, 2.75) is 4.90 Å². The predicted molar refractivity (Wildman–Crippen MR) is 114 cm³/mol. The third-order valence-corrected chi connectivity index (χ3v) is 5.41. The van der Waals surface area contributed by atoms with E-state index < -0.39 is 10.0 Å². The molecule has 0 amide bonds. The number of sulfonamides is 1. The first-order chi connectivity index (χ1) is 13.5. The van der Waals surface area contributed by atoms with Gasteiger partial charge in [0.15, 0.2) is 11.0 Å². The minimum Gasteiger partial charge on any atom is -0.340 e. The van der Waals surface area contributed by atoms with Gasteiger partial charge in [0.1, 0.15) is 12.1 Å². The molecule has 2 N–H and O–H groups in total. The van der Waals surface area contributed by atoms with E-state index in [1.807, 2.05) is 24.3 Å². The van der Waals surface area contributed by atoms with Gasteiger partial charge in [-0.05, 0) is 48.5 Å². The molecule has 0 fully saturated rings. The number of aromatic nitrogens is 4. The van der Waals surface area contributed by atoms with E-state index in [4.69, 9.17) is 11.6 Å². The van der Waals surface area contributed by atoms with Crippen LogP contribution in [0.4, 0.5) is 17.3 Å². The highest BCUT2D eigenvalue weighted by molar-refractivity contribution is 7.92. The molecule has 148 valence electrons. The summed E-state index contributed by atoms with van der Waals surface area (Å²) in [7, 11) is -3.80. The van der Waals surface area contributed by atoms with Crippen LogP contribution in [0.1, 0.15) is 0 Å².